The van der Waals surface area contributed by atoms with E-state index in [1.165, 1.54) is 0 Å². The maximum absolute atomic E-state index is 11.5. The quantitative estimate of drug-likeness (QED) is 0.792. The van der Waals surface area contributed by atoms with Gasteiger partial charge in [0.05, 0.1) is 6.54 Å². The summed E-state index contributed by atoms with van der Waals surface area (Å²) in [6.45, 7) is 4.58. The molecular weight excluding hydrogens is 202 g/mol. The Bertz CT molecular complexity index is 508. The molecule has 0 bridgehead atoms. The largest absolute Gasteiger partial charge is 0.419 e. The molecule has 0 aliphatic heterocycles. The lowest BCUT2D eigenvalue weighted by Crippen LogP contribution is -2.13. The second-order valence-electron chi connectivity index (χ2n) is 4.17. The zero-order valence-corrected chi connectivity index (χ0v) is 9.51. The van der Waals surface area contributed by atoms with Crippen molar-refractivity contribution in [3.63, 3.8) is 0 Å². The van der Waals surface area contributed by atoms with E-state index in [1.807, 2.05) is 44.2 Å². The first-order valence-electron chi connectivity index (χ1n) is 5.41. The van der Waals surface area contributed by atoms with Crippen molar-refractivity contribution in [1.82, 2.24) is 4.57 Å². The fraction of sp³-hybridized carbons (Fsp3) is 0.308. The number of hydrogen-bond acceptors (Lipinski definition) is 2. The third-order valence-corrected chi connectivity index (χ3v) is 2.49. The Labute approximate surface area is 94.3 Å². The molecule has 16 heavy (non-hydrogen) atoms. The van der Waals surface area contributed by atoms with Gasteiger partial charge >= 0.3 is 5.76 Å². The molecule has 0 unspecified atom stereocenters. The van der Waals surface area contributed by atoms with E-state index < -0.39 is 0 Å². The summed E-state index contributed by atoms with van der Waals surface area (Å²) >= 11 is 0. The van der Waals surface area contributed by atoms with Crippen LogP contribution in [0.15, 0.2) is 45.7 Å². The summed E-state index contributed by atoms with van der Waals surface area (Å²) in [6, 6.07) is 9.87. The van der Waals surface area contributed by atoms with Crippen LogP contribution in [0.1, 0.15) is 31.1 Å². The predicted molar refractivity (Wildman–Crippen MR) is 62.6 cm³/mol. The average Bonchev–Trinajstić information content (AvgIpc) is 2.62. The van der Waals surface area contributed by atoms with Gasteiger partial charge in [-0.05, 0) is 5.56 Å². The Morgan fingerprint density at radius 3 is 2.50 bits per heavy atom. The molecule has 0 saturated heterocycles. The Kier molecular flexibility index (Phi) is 2.95. The van der Waals surface area contributed by atoms with Crippen LogP contribution in [0.5, 0.6) is 0 Å². The third-order valence-electron chi connectivity index (χ3n) is 2.49. The maximum atomic E-state index is 11.5. The van der Waals surface area contributed by atoms with Crippen molar-refractivity contribution >= 4 is 0 Å². The highest BCUT2D eigenvalue weighted by molar-refractivity contribution is 5.15. The van der Waals surface area contributed by atoms with E-state index in [-0.39, 0.29) is 11.7 Å². The molecule has 0 aliphatic rings. The zero-order valence-electron chi connectivity index (χ0n) is 9.51. The first kappa shape index (κ1) is 10.7. The lowest BCUT2D eigenvalue weighted by Gasteiger charge is -1.99. The second kappa shape index (κ2) is 4.39. The van der Waals surface area contributed by atoms with E-state index in [0.717, 1.165) is 11.3 Å². The molecular formula is C13H15NO2. The summed E-state index contributed by atoms with van der Waals surface area (Å²) in [7, 11) is 0. The molecule has 0 atom stereocenters. The molecule has 0 N–H and O–H groups in total. The number of hydrogen-bond donors (Lipinski definition) is 0. The monoisotopic (exact) mass is 217 g/mol. The van der Waals surface area contributed by atoms with Crippen LogP contribution >= 0.6 is 0 Å². The molecule has 0 amide bonds. The van der Waals surface area contributed by atoms with Crippen LogP contribution in [-0.2, 0) is 6.54 Å². The van der Waals surface area contributed by atoms with E-state index in [1.54, 1.807) is 10.8 Å². The molecule has 0 saturated carbocycles. The first-order chi connectivity index (χ1) is 7.66. The van der Waals surface area contributed by atoms with Crippen molar-refractivity contribution in [2.24, 2.45) is 0 Å². The van der Waals surface area contributed by atoms with E-state index >= 15 is 0 Å². The summed E-state index contributed by atoms with van der Waals surface area (Å²) in [6.07, 6.45) is 1.79. The minimum atomic E-state index is -0.285. The van der Waals surface area contributed by atoms with Crippen molar-refractivity contribution in [1.29, 1.82) is 0 Å². The van der Waals surface area contributed by atoms with Gasteiger partial charge in [-0.3, -0.25) is 4.57 Å². The lowest BCUT2D eigenvalue weighted by atomic mass is 10.2. The molecule has 3 heteroatoms. The summed E-state index contributed by atoms with van der Waals surface area (Å²) in [5, 5.41) is 0. The van der Waals surface area contributed by atoms with Crippen molar-refractivity contribution in [2.45, 2.75) is 26.3 Å². The third kappa shape index (κ3) is 2.24. The van der Waals surface area contributed by atoms with Gasteiger partial charge in [0.2, 0.25) is 0 Å². The molecule has 0 radical (unpaired) electrons. The van der Waals surface area contributed by atoms with Gasteiger partial charge in [-0.1, -0.05) is 44.2 Å². The van der Waals surface area contributed by atoms with Crippen LogP contribution in [0.3, 0.4) is 0 Å². The minimum Gasteiger partial charge on any atom is -0.413 e. The van der Waals surface area contributed by atoms with Crippen LogP contribution < -0.4 is 5.76 Å². The molecule has 1 heterocycles. The lowest BCUT2D eigenvalue weighted by molar-refractivity contribution is 0.436. The summed E-state index contributed by atoms with van der Waals surface area (Å²) < 4.78 is 6.76. The van der Waals surface area contributed by atoms with Crippen molar-refractivity contribution in [2.75, 3.05) is 0 Å². The summed E-state index contributed by atoms with van der Waals surface area (Å²) in [5.74, 6) is 0.693. The van der Waals surface area contributed by atoms with Gasteiger partial charge in [-0.15, -0.1) is 0 Å². The Hall–Kier alpha value is -1.77. The van der Waals surface area contributed by atoms with Gasteiger partial charge in [-0.2, -0.15) is 0 Å². The predicted octanol–water partition coefficient (Wildman–Crippen LogP) is 2.61. The molecule has 0 fully saturated rings. The van der Waals surface area contributed by atoms with Crippen molar-refractivity contribution in [3.8, 4) is 0 Å². The number of rotatable bonds is 3. The number of oxazole rings is 1. The Morgan fingerprint density at radius 2 is 1.94 bits per heavy atom. The van der Waals surface area contributed by atoms with E-state index in [9.17, 15) is 4.79 Å². The van der Waals surface area contributed by atoms with E-state index in [0.29, 0.717) is 6.54 Å². The number of nitrogens with zero attached hydrogens (tertiary/aromatic N) is 1. The SMILES string of the molecule is CC(C)c1cn(Cc2ccccc2)c(=O)o1. The molecule has 0 aliphatic carbocycles. The van der Waals surface area contributed by atoms with Gasteiger partial charge in [0.15, 0.2) is 0 Å². The van der Waals surface area contributed by atoms with Crippen LogP contribution in [0, 0.1) is 0 Å². The van der Waals surface area contributed by atoms with Crippen LogP contribution in [0.4, 0.5) is 0 Å². The van der Waals surface area contributed by atoms with Gasteiger partial charge in [0.1, 0.15) is 5.76 Å². The van der Waals surface area contributed by atoms with Crippen molar-refractivity contribution < 1.29 is 4.42 Å². The highest BCUT2D eigenvalue weighted by atomic mass is 16.4. The zero-order chi connectivity index (χ0) is 11.5. The normalized spacial score (nSPS) is 10.9. The van der Waals surface area contributed by atoms with Gasteiger partial charge < -0.3 is 4.42 Å². The second-order valence-corrected chi connectivity index (χ2v) is 4.17. The number of aromatic nitrogens is 1. The topological polar surface area (TPSA) is 35.1 Å². The molecule has 1 aromatic carbocycles. The van der Waals surface area contributed by atoms with Gasteiger partial charge in [-0.25, -0.2) is 4.79 Å². The fourth-order valence-corrected chi connectivity index (χ4v) is 1.55. The Balaban J connectivity index is 2.26. The van der Waals surface area contributed by atoms with E-state index in [2.05, 4.69) is 0 Å². The highest BCUT2D eigenvalue weighted by Crippen LogP contribution is 2.12. The highest BCUT2D eigenvalue weighted by Gasteiger charge is 2.08. The standard InChI is InChI=1S/C13H15NO2/c1-10(2)12-9-14(13(15)16-12)8-11-6-4-3-5-7-11/h3-7,9-10H,8H2,1-2H3. The molecule has 2 aromatic rings. The molecule has 0 spiro atoms. The molecule has 2 rings (SSSR count). The molecule has 3 nitrogen and oxygen atoms in total. The molecule has 84 valence electrons. The fourth-order valence-electron chi connectivity index (χ4n) is 1.55. The molecule has 1 aromatic heterocycles. The van der Waals surface area contributed by atoms with Crippen molar-refractivity contribution in [3.05, 3.63) is 58.4 Å². The van der Waals surface area contributed by atoms with Crippen LogP contribution in [-0.4, -0.2) is 4.57 Å². The van der Waals surface area contributed by atoms with Crippen LogP contribution in [0.2, 0.25) is 0 Å². The number of benzene rings is 1. The van der Waals surface area contributed by atoms with Crippen LogP contribution in [0.25, 0.3) is 0 Å². The minimum absolute atomic E-state index is 0.240. The van der Waals surface area contributed by atoms with Gasteiger partial charge in [0.25, 0.3) is 0 Å². The smallest absolute Gasteiger partial charge is 0.413 e. The summed E-state index contributed by atoms with van der Waals surface area (Å²) in [5.41, 5.74) is 1.10. The average molecular weight is 217 g/mol. The van der Waals surface area contributed by atoms with E-state index in [4.69, 9.17) is 4.42 Å². The van der Waals surface area contributed by atoms with Gasteiger partial charge in [0, 0.05) is 12.1 Å². The maximum Gasteiger partial charge on any atom is 0.419 e. The Morgan fingerprint density at radius 1 is 1.25 bits per heavy atom. The first-order valence-corrected chi connectivity index (χ1v) is 5.41. The summed E-state index contributed by atoms with van der Waals surface area (Å²) in [4.78, 5) is 11.5.